The third kappa shape index (κ3) is 9.36. The summed E-state index contributed by atoms with van der Waals surface area (Å²) in [6.45, 7) is 2.57. The summed E-state index contributed by atoms with van der Waals surface area (Å²) < 4.78 is 58.6. The molecule has 5 rings (SSSR count). The van der Waals surface area contributed by atoms with Crippen molar-refractivity contribution in [2.75, 3.05) is 29.4 Å². The van der Waals surface area contributed by atoms with Crippen molar-refractivity contribution in [2.45, 2.75) is 32.0 Å². The fourth-order valence-corrected chi connectivity index (χ4v) is 6.05. The lowest BCUT2D eigenvalue weighted by atomic mass is 10.0. The van der Waals surface area contributed by atoms with Crippen molar-refractivity contribution in [3.05, 3.63) is 101 Å². The fourth-order valence-electron chi connectivity index (χ4n) is 4.87. The molecule has 0 bridgehead atoms. The third-order valence-electron chi connectivity index (χ3n) is 6.94. The monoisotopic (exact) mass is 663 g/mol. The van der Waals surface area contributed by atoms with Crippen LogP contribution in [0.25, 0.3) is 0 Å². The van der Waals surface area contributed by atoms with Gasteiger partial charge in [0.1, 0.15) is 28.1 Å². The number of thiazole rings is 1. The Hall–Kier alpha value is -3.78. The molecular formula is C30H32ClF2N5O4S2. The molecule has 3 aromatic carbocycles. The molecule has 0 radical (unpaired) electrons. The number of benzene rings is 3. The number of sulfonamides is 1. The van der Waals surface area contributed by atoms with Gasteiger partial charge in [0.2, 0.25) is 10.0 Å². The molecular weight excluding hydrogens is 632 g/mol. The SMILES string of the molecule is CS(=O)(=O)Nc1ccc(Oc2ccc(CN3CCC(N(Cc4nccs4)C(=O)Nc4ccc(F)cc4F)CC3)cc2)cc1.Cl. The Morgan fingerprint density at radius 2 is 1.70 bits per heavy atom. The van der Waals surface area contributed by atoms with Crippen molar-refractivity contribution in [2.24, 2.45) is 0 Å². The molecule has 14 heteroatoms. The smallest absolute Gasteiger partial charge is 0.322 e. The highest BCUT2D eigenvalue weighted by Gasteiger charge is 2.29. The Bertz CT molecular complexity index is 1640. The fraction of sp³-hybridized carbons (Fsp3) is 0.267. The number of ether oxygens (including phenoxy) is 1. The molecule has 2 heterocycles. The summed E-state index contributed by atoms with van der Waals surface area (Å²) >= 11 is 1.45. The molecule has 1 saturated heterocycles. The highest BCUT2D eigenvalue weighted by Crippen LogP contribution is 2.26. The number of carbonyl (C=O) groups is 1. The van der Waals surface area contributed by atoms with E-state index in [4.69, 9.17) is 4.74 Å². The highest BCUT2D eigenvalue weighted by atomic mass is 35.5. The molecule has 0 saturated carbocycles. The van der Waals surface area contributed by atoms with E-state index >= 15 is 0 Å². The van der Waals surface area contributed by atoms with E-state index in [1.165, 1.54) is 17.4 Å². The first kappa shape index (κ1) is 33.1. The standard InChI is InChI=1S/C30H31F2N5O4S2.ClH/c1-43(39,40)35-23-5-9-26(10-6-23)41-25-7-2-21(3-8-25)19-36-15-12-24(13-16-36)37(20-29-33-14-17-42-29)30(38)34-28-11-4-22(31)18-27(28)32;/h2-11,14,17-18,24,35H,12-13,15-16,19-20H2,1H3,(H,34,38);1H. The van der Waals surface area contributed by atoms with E-state index in [1.807, 2.05) is 29.6 Å². The van der Waals surface area contributed by atoms with E-state index in [1.54, 1.807) is 35.4 Å². The number of nitrogens with one attached hydrogen (secondary N) is 2. The summed E-state index contributed by atoms with van der Waals surface area (Å²) in [7, 11) is -3.34. The van der Waals surface area contributed by atoms with E-state index < -0.39 is 27.7 Å². The first-order valence-corrected chi connectivity index (χ1v) is 16.4. The minimum absolute atomic E-state index is 0. The molecule has 1 aromatic heterocycles. The molecule has 4 aromatic rings. The van der Waals surface area contributed by atoms with Crippen molar-refractivity contribution in [1.82, 2.24) is 14.8 Å². The number of urea groups is 1. The number of carbonyl (C=O) groups excluding carboxylic acids is 1. The zero-order chi connectivity index (χ0) is 30.4. The topological polar surface area (TPSA) is 104 Å². The second-order valence-corrected chi connectivity index (χ2v) is 13.0. The van der Waals surface area contributed by atoms with Gasteiger partial charge in [0.05, 0.1) is 18.5 Å². The quantitative estimate of drug-likeness (QED) is 0.196. The lowest BCUT2D eigenvalue weighted by molar-refractivity contribution is 0.119. The van der Waals surface area contributed by atoms with Crippen LogP contribution in [0.4, 0.5) is 25.0 Å². The molecule has 0 unspecified atom stereocenters. The van der Waals surface area contributed by atoms with Gasteiger partial charge in [-0.1, -0.05) is 12.1 Å². The maximum absolute atomic E-state index is 14.2. The van der Waals surface area contributed by atoms with Crippen molar-refractivity contribution < 1.29 is 26.7 Å². The van der Waals surface area contributed by atoms with Gasteiger partial charge in [0.25, 0.3) is 0 Å². The first-order valence-electron chi connectivity index (χ1n) is 13.6. The largest absolute Gasteiger partial charge is 0.457 e. The summed E-state index contributed by atoms with van der Waals surface area (Å²) in [6.07, 6.45) is 4.25. The van der Waals surface area contributed by atoms with E-state index in [2.05, 4.69) is 19.9 Å². The van der Waals surface area contributed by atoms with E-state index in [0.717, 1.165) is 61.4 Å². The Morgan fingerprint density at radius 1 is 1.05 bits per heavy atom. The predicted octanol–water partition coefficient (Wildman–Crippen LogP) is 6.71. The van der Waals surface area contributed by atoms with E-state index in [0.29, 0.717) is 23.7 Å². The summed E-state index contributed by atoms with van der Waals surface area (Å²) in [6, 6.07) is 17.0. The number of amides is 2. The van der Waals surface area contributed by atoms with Crippen LogP contribution in [0.3, 0.4) is 0 Å². The molecule has 2 N–H and O–H groups in total. The zero-order valence-corrected chi connectivity index (χ0v) is 26.2. The number of hydrogen-bond acceptors (Lipinski definition) is 7. The molecule has 0 spiro atoms. The highest BCUT2D eigenvalue weighted by molar-refractivity contribution is 7.92. The number of aromatic nitrogens is 1. The molecule has 1 aliphatic rings. The Morgan fingerprint density at radius 3 is 2.30 bits per heavy atom. The van der Waals surface area contributed by atoms with Crippen LogP contribution in [-0.2, 0) is 23.1 Å². The van der Waals surface area contributed by atoms with Crippen molar-refractivity contribution in [3.63, 3.8) is 0 Å². The predicted molar refractivity (Wildman–Crippen MR) is 170 cm³/mol. The third-order valence-corrected chi connectivity index (χ3v) is 8.31. The van der Waals surface area contributed by atoms with Crippen LogP contribution >= 0.6 is 23.7 Å². The maximum atomic E-state index is 14.2. The van der Waals surface area contributed by atoms with Gasteiger partial charge in [-0.15, -0.1) is 23.7 Å². The van der Waals surface area contributed by atoms with Gasteiger partial charge in [-0.2, -0.15) is 0 Å². The number of halogens is 3. The van der Waals surface area contributed by atoms with Crippen molar-refractivity contribution in [1.29, 1.82) is 0 Å². The number of nitrogens with zero attached hydrogens (tertiary/aromatic N) is 3. The first-order chi connectivity index (χ1) is 20.6. The lowest BCUT2D eigenvalue weighted by Crippen LogP contribution is -2.48. The Labute approximate surface area is 265 Å². The van der Waals surface area contributed by atoms with Crippen LogP contribution in [0, 0.1) is 11.6 Å². The van der Waals surface area contributed by atoms with Gasteiger partial charge in [-0.3, -0.25) is 9.62 Å². The van der Waals surface area contributed by atoms with Gasteiger partial charge in [-0.25, -0.2) is 27.0 Å². The van der Waals surface area contributed by atoms with Crippen molar-refractivity contribution >= 4 is 51.2 Å². The molecule has 1 aliphatic heterocycles. The molecule has 2 amide bonds. The second-order valence-electron chi connectivity index (χ2n) is 10.3. The normalized spacial score (nSPS) is 14.0. The average molecular weight is 664 g/mol. The molecule has 0 atom stereocenters. The zero-order valence-electron chi connectivity index (χ0n) is 23.8. The van der Waals surface area contributed by atoms with Gasteiger partial charge in [0.15, 0.2) is 0 Å². The summed E-state index contributed by atoms with van der Waals surface area (Å²) in [5.74, 6) is -0.288. The molecule has 44 heavy (non-hydrogen) atoms. The summed E-state index contributed by atoms with van der Waals surface area (Å²) in [5, 5.41) is 5.23. The minimum atomic E-state index is -3.34. The molecule has 234 valence electrons. The molecule has 9 nitrogen and oxygen atoms in total. The summed E-state index contributed by atoms with van der Waals surface area (Å²) in [4.78, 5) is 21.6. The van der Waals surface area contributed by atoms with Crippen LogP contribution in [0.2, 0.25) is 0 Å². The number of hydrogen-bond donors (Lipinski definition) is 2. The van der Waals surface area contributed by atoms with E-state index in [9.17, 15) is 22.0 Å². The molecule has 1 fully saturated rings. The van der Waals surface area contributed by atoms with Gasteiger partial charge in [-0.05, 0) is 66.9 Å². The number of anilines is 2. The van der Waals surface area contributed by atoms with Crippen LogP contribution in [-0.4, -0.2) is 54.6 Å². The number of likely N-dealkylation sites (tertiary alicyclic amines) is 1. The van der Waals surface area contributed by atoms with Gasteiger partial charge < -0.3 is 15.0 Å². The van der Waals surface area contributed by atoms with Crippen LogP contribution in [0.5, 0.6) is 11.5 Å². The van der Waals surface area contributed by atoms with Crippen molar-refractivity contribution in [3.8, 4) is 11.5 Å². The van der Waals surface area contributed by atoms with Gasteiger partial charge in [0, 0.05) is 49.0 Å². The van der Waals surface area contributed by atoms with Crippen LogP contribution < -0.4 is 14.8 Å². The minimum Gasteiger partial charge on any atom is -0.457 e. The summed E-state index contributed by atoms with van der Waals surface area (Å²) in [5.41, 5.74) is 1.51. The number of piperidine rings is 1. The maximum Gasteiger partial charge on any atom is 0.322 e. The average Bonchev–Trinajstić information content (AvgIpc) is 3.49. The lowest BCUT2D eigenvalue weighted by Gasteiger charge is -2.38. The van der Waals surface area contributed by atoms with Gasteiger partial charge >= 0.3 is 6.03 Å². The second kappa shape index (κ2) is 14.8. The van der Waals surface area contributed by atoms with E-state index in [-0.39, 0.29) is 24.1 Å². The number of rotatable bonds is 10. The Kier molecular flexibility index (Phi) is 11.1. The Balaban J connectivity index is 0.00000442. The van der Waals surface area contributed by atoms with Crippen LogP contribution in [0.1, 0.15) is 23.4 Å². The molecule has 0 aliphatic carbocycles. The van der Waals surface area contributed by atoms with Crippen LogP contribution in [0.15, 0.2) is 78.3 Å².